The molecule has 0 spiro atoms. The first-order chi connectivity index (χ1) is 12.9. The second-order valence-corrected chi connectivity index (χ2v) is 5.97. The van der Waals surface area contributed by atoms with E-state index in [9.17, 15) is 25.3 Å². The molecular weight excluding hydrogens is 348 g/mol. The summed E-state index contributed by atoms with van der Waals surface area (Å²) in [5.41, 5.74) is -1.92. The Bertz CT molecular complexity index is 889. The lowest BCUT2D eigenvalue weighted by Gasteiger charge is -2.21. The van der Waals surface area contributed by atoms with Gasteiger partial charge in [-0.2, -0.15) is 5.26 Å². The lowest BCUT2D eigenvalue weighted by Crippen LogP contribution is -2.32. The van der Waals surface area contributed by atoms with Crippen LogP contribution in [0.2, 0.25) is 0 Å². The van der Waals surface area contributed by atoms with Crippen LogP contribution in [0.25, 0.3) is 0 Å². The Balaban J connectivity index is 2.43. The number of nitrogens with zero attached hydrogens (tertiary/aromatic N) is 2. The van der Waals surface area contributed by atoms with Gasteiger partial charge < -0.3 is 9.84 Å². The predicted octanol–water partition coefficient (Wildman–Crippen LogP) is 4.49. The monoisotopic (exact) mass is 366 g/mol. The van der Waals surface area contributed by atoms with Crippen LogP contribution in [-0.2, 0) is 11.2 Å². The molecule has 1 N–H and O–H groups in total. The summed E-state index contributed by atoms with van der Waals surface area (Å²) >= 11 is 0. The van der Waals surface area contributed by atoms with E-state index < -0.39 is 16.3 Å². The Morgan fingerprint density at radius 3 is 2.56 bits per heavy atom. The minimum absolute atomic E-state index is 0.00323. The Labute approximate surface area is 156 Å². The fourth-order valence-electron chi connectivity index (χ4n) is 2.66. The van der Waals surface area contributed by atoms with Crippen molar-refractivity contribution in [3.63, 3.8) is 0 Å². The van der Waals surface area contributed by atoms with Gasteiger partial charge in [0.15, 0.2) is 5.41 Å². The Morgan fingerprint density at radius 2 is 2.00 bits per heavy atom. The maximum atomic E-state index is 11.8. The van der Waals surface area contributed by atoms with Crippen LogP contribution in [-0.4, -0.2) is 16.0 Å². The van der Waals surface area contributed by atoms with Gasteiger partial charge in [-0.15, -0.1) is 6.58 Å². The van der Waals surface area contributed by atoms with Crippen LogP contribution < -0.4 is 4.74 Å². The van der Waals surface area contributed by atoms with Crippen molar-refractivity contribution in [2.75, 3.05) is 0 Å². The summed E-state index contributed by atoms with van der Waals surface area (Å²) < 4.78 is 5.67. The van der Waals surface area contributed by atoms with Gasteiger partial charge >= 0.3 is 5.97 Å². The van der Waals surface area contributed by atoms with E-state index in [4.69, 9.17) is 4.74 Å². The van der Waals surface area contributed by atoms with Gasteiger partial charge in [0.1, 0.15) is 11.5 Å². The average molecular weight is 366 g/mol. The third-order valence-electron chi connectivity index (χ3n) is 4.12. The fraction of sp³-hybridized carbons (Fsp3) is 0.200. The van der Waals surface area contributed by atoms with Gasteiger partial charge in [-0.1, -0.05) is 24.3 Å². The molecule has 2 aromatic carbocycles. The SMILES string of the molecule is C=CCCC(C#N)(Cc1cc(Oc2ccccc2)ccc1[N+](=O)[O-])C(=O)O. The van der Waals surface area contributed by atoms with Crippen LogP contribution in [0.3, 0.4) is 0 Å². The van der Waals surface area contributed by atoms with E-state index in [1.54, 1.807) is 24.3 Å². The van der Waals surface area contributed by atoms with Crippen LogP contribution in [0.1, 0.15) is 18.4 Å². The Morgan fingerprint density at radius 1 is 1.30 bits per heavy atom. The van der Waals surface area contributed by atoms with E-state index in [-0.39, 0.29) is 24.1 Å². The number of para-hydroxylation sites is 1. The highest BCUT2D eigenvalue weighted by Crippen LogP contribution is 2.35. The number of nitriles is 1. The fourth-order valence-corrected chi connectivity index (χ4v) is 2.66. The molecule has 0 amide bonds. The Hall–Kier alpha value is -3.66. The van der Waals surface area contributed by atoms with Gasteiger partial charge in [0.2, 0.25) is 0 Å². The first kappa shape index (κ1) is 19.7. The number of hydrogen-bond acceptors (Lipinski definition) is 5. The molecule has 0 fully saturated rings. The third-order valence-corrected chi connectivity index (χ3v) is 4.12. The quantitative estimate of drug-likeness (QED) is 0.397. The standard InChI is InChI=1S/C20H18N2O5/c1-2-3-11-20(14-21,19(23)24)13-15-12-17(9-10-18(15)22(25)26)27-16-7-5-4-6-8-16/h2,4-10,12H,1,3,11,13H2,(H,23,24). The molecule has 2 aromatic rings. The number of hydrogen-bond donors (Lipinski definition) is 1. The van der Waals surface area contributed by atoms with Gasteiger partial charge in [-0.25, -0.2) is 0 Å². The molecule has 7 nitrogen and oxygen atoms in total. The highest BCUT2D eigenvalue weighted by molar-refractivity contribution is 5.78. The second kappa shape index (κ2) is 8.63. The number of allylic oxidation sites excluding steroid dienone is 1. The molecule has 138 valence electrons. The summed E-state index contributed by atoms with van der Waals surface area (Å²) in [5, 5.41) is 30.5. The topological polar surface area (TPSA) is 113 Å². The molecule has 0 bridgehead atoms. The number of rotatable bonds is 9. The maximum absolute atomic E-state index is 11.8. The minimum Gasteiger partial charge on any atom is -0.480 e. The number of nitro benzene ring substituents is 1. The van der Waals surface area contributed by atoms with E-state index >= 15 is 0 Å². The van der Waals surface area contributed by atoms with Crippen molar-refractivity contribution in [3.05, 3.63) is 76.9 Å². The molecule has 0 aliphatic heterocycles. The molecule has 27 heavy (non-hydrogen) atoms. The van der Waals surface area contributed by atoms with Crippen molar-refractivity contribution in [2.45, 2.75) is 19.3 Å². The summed E-state index contributed by atoms with van der Waals surface area (Å²) in [6, 6.07) is 14.8. The van der Waals surface area contributed by atoms with Crippen molar-refractivity contribution >= 4 is 11.7 Å². The smallest absolute Gasteiger partial charge is 0.324 e. The van der Waals surface area contributed by atoms with Crippen molar-refractivity contribution in [1.29, 1.82) is 5.26 Å². The van der Waals surface area contributed by atoms with Crippen LogP contribution in [0.4, 0.5) is 5.69 Å². The minimum atomic E-state index is -1.79. The zero-order chi connectivity index (χ0) is 19.9. The third kappa shape index (κ3) is 4.70. The summed E-state index contributed by atoms with van der Waals surface area (Å²) in [7, 11) is 0. The molecule has 1 unspecified atom stereocenters. The van der Waals surface area contributed by atoms with E-state index in [2.05, 4.69) is 6.58 Å². The average Bonchev–Trinajstić information content (AvgIpc) is 2.65. The van der Waals surface area contributed by atoms with E-state index in [0.717, 1.165) is 0 Å². The molecule has 0 aliphatic rings. The van der Waals surface area contributed by atoms with Crippen LogP contribution in [0, 0.1) is 26.9 Å². The molecule has 0 heterocycles. The molecule has 7 heteroatoms. The molecule has 0 saturated carbocycles. The zero-order valence-electron chi connectivity index (χ0n) is 14.5. The molecule has 0 aliphatic carbocycles. The van der Waals surface area contributed by atoms with Crippen molar-refractivity contribution in [2.24, 2.45) is 5.41 Å². The molecule has 1 atom stereocenters. The number of nitro groups is 1. The van der Waals surface area contributed by atoms with Gasteiger partial charge in [-0.05, 0) is 37.1 Å². The van der Waals surface area contributed by atoms with Crippen LogP contribution in [0.5, 0.6) is 11.5 Å². The van der Waals surface area contributed by atoms with Gasteiger partial charge in [0.25, 0.3) is 5.69 Å². The van der Waals surface area contributed by atoms with E-state index in [0.29, 0.717) is 17.9 Å². The summed E-state index contributed by atoms with van der Waals surface area (Å²) in [5.74, 6) is -0.466. The Kier molecular flexibility index (Phi) is 6.28. The molecule has 0 saturated heterocycles. The lowest BCUT2D eigenvalue weighted by molar-refractivity contribution is -0.385. The van der Waals surface area contributed by atoms with Gasteiger partial charge in [-0.3, -0.25) is 14.9 Å². The molecule has 2 rings (SSSR count). The molecule has 0 aromatic heterocycles. The number of ether oxygens (including phenoxy) is 1. The normalized spacial score (nSPS) is 12.4. The highest BCUT2D eigenvalue weighted by Gasteiger charge is 2.40. The van der Waals surface area contributed by atoms with Crippen molar-refractivity contribution in [3.8, 4) is 17.6 Å². The van der Waals surface area contributed by atoms with Gasteiger partial charge in [0.05, 0.1) is 11.0 Å². The van der Waals surface area contributed by atoms with Crippen molar-refractivity contribution < 1.29 is 19.6 Å². The number of carboxylic acids is 1. The maximum Gasteiger partial charge on any atom is 0.324 e. The largest absolute Gasteiger partial charge is 0.480 e. The summed E-state index contributed by atoms with van der Waals surface area (Å²) in [4.78, 5) is 22.5. The van der Waals surface area contributed by atoms with Crippen molar-refractivity contribution in [1.82, 2.24) is 0 Å². The summed E-state index contributed by atoms with van der Waals surface area (Å²) in [6.07, 6.45) is 1.50. The van der Waals surface area contributed by atoms with Crippen LogP contribution in [0.15, 0.2) is 61.2 Å². The highest BCUT2D eigenvalue weighted by atomic mass is 16.6. The van der Waals surface area contributed by atoms with E-state index in [1.807, 2.05) is 12.1 Å². The summed E-state index contributed by atoms with van der Waals surface area (Å²) in [6.45, 7) is 3.54. The van der Waals surface area contributed by atoms with Gasteiger partial charge in [0, 0.05) is 18.1 Å². The van der Waals surface area contributed by atoms with Crippen LogP contribution >= 0.6 is 0 Å². The number of carboxylic acid groups (broad SMARTS) is 1. The molecule has 0 radical (unpaired) electrons. The molecular formula is C20H18N2O5. The first-order valence-electron chi connectivity index (χ1n) is 8.17. The number of aliphatic carboxylic acids is 1. The lowest BCUT2D eigenvalue weighted by atomic mass is 9.78. The predicted molar refractivity (Wildman–Crippen MR) is 98.4 cm³/mol. The number of benzene rings is 2. The van der Waals surface area contributed by atoms with E-state index in [1.165, 1.54) is 24.3 Å². The second-order valence-electron chi connectivity index (χ2n) is 5.97. The number of carbonyl (C=O) groups is 1. The first-order valence-corrected chi connectivity index (χ1v) is 8.17. The zero-order valence-corrected chi connectivity index (χ0v) is 14.5.